The molecular formula is C30H48O2. The summed E-state index contributed by atoms with van der Waals surface area (Å²) in [5, 5.41) is 0. The molecule has 0 bridgehead atoms. The van der Waals surface area contributed by atoms with E-state index in [1.54, 1.807) is 0 Å². The van der Waals surface area contributed by atoms with Crippen LogP contribution in [0, 0.1) is 56.7 Å². The second kappa shape index (κ2) is 6.17. The first kappa shape index (κ1) is 22.0. The van der Waals surface area contributed by atoms with Crippen LogP contribution in [0.25, 0.3) is 0 Å². The molecule has 2 heteroatoms. The van der Waals surface area contributed by atoms with E-state index in [1.165, 1.54) is 64.2 Å². The molecular weight excluding hydrogens is 392 g/mol. The summed E-state index contributed by atoms with van der Waals surface area (Å²) in [5.41, 5.74) is 1.81. The molecule has 1 spiro atoms. The molecule has 0 unspecified atom stereocenters. The molecule has 2 nitrogen and oxygen atoms in total. The van der Waals surface area contributed by atoms with Crippen molar-refractivity contribution in [2.75, 3.05) is 0 Å². The lowest BCUT2D eigenvalue weighted by atomic mass is 9.31. The molecule has 10 atom stereocenters. The molecule has 0 radical (unpaired) electrons. The minimum absolute atomic E-state index is 0.0990. The second-order valence-corrected chi connectivity index (χ2v) is 15.1. The van der Waals surface area contributed by atoms with Gasteiger partial charge >= 0.3 is 5.97 Å². The van der Waals surface area contributed by atoms with Crippen LogP contribution in [0.4, 0.5) is 0 Å². The van der Waals surface area contributed by atoms with E-state index in [9.17, 15) is 4.79 Å². The lowest BCUT2D eigenvalue weighted by Gasteiger charge is -2.73. The molecule has 0 aromatic rings. The lowest BCUT2D eigenvalue weighted by molar-refractivity contribution is -0.266. The van der Waals surface area contributed by atoms with Gasteiger partial charge in [-0.2, -0.15) is 0 Å². The van der Waals surface area contributed by atoms with Gasteiger partial charge in [-0.15, -0.1) is 0 Å². The summed E-state index contributed by atoms with van der Waals surface area (Å²) in [6.45, 7) is 18.0. The SMILES string of the molecule is C[C@@H]1C(=O)O[C@]23CC[C@]4(C)[C@H](CC[C@@H]5[C@@]6(C)CCCC(C)(C)[C@@H]6CC[C@]54C)[C@@]2(C)CC[C@H]13. The van der Waals surface area contributed by atoms with Gasteiger partial charge in [0.25, 0.3) is 0 Å². The van der Waals surface area contributed by atoms with Gasteiger partial charge in [-0.3, -0.25) is 4.79 Å². The molecule has 1 saturated heterocycles. The predicted octanol–water partition coefficient (Wildman–Crippen LogP) is 7.79. The van der Waals surface area contributed by atoms with Crippen molar-refractivity contribution in [3.8, 4) is 0 Å². The third-order valence-corrected chi connectivity index (χ3v) is 14.2. The smallest absolute Gasteiger partial charge is 0.309 e. The van der Waals surface area contributed by atoms with Crippen LogP contribution in [0.3, 0.4) is 0 Å². The summed E-state index contributed by atoms with van der Waals surface area (Å²) in [6, 6.07) is 0. The molecule has 6 rings (SSSR count). The highest BCUT2D eigenvalue weighted by molar-refractivity contribution is 5.76. The first-order chi connectivity index (χ1) is 14.9. The Kier molecular flexibility index (Phi) is 4.24. The number of ether oxygens (including phenoxy) is 1. The van der Waals surface area contributed by atoms with Crippen LogP contribution in [-0.4, -0.2) is 11.6 Å². The largest absolute Gasteiger partial charge is 0.458 e. The fourth-order valence-corrected chi connectivity index (χ4v) is 12.6. The average Bonchev–Trinajstić information content (AvgIpc) is 3.13. The Morgan fingerprint density at radius 1 is 0.688 bits per heavy atom. The number of hydrogen-bond donors (Lipinski definition) is 0. The molecule has 180 valence electrons. The Bertz CT molecular complexity index is 846. The molecule has 32 heavy (non-hydrogen) atoms. The molecule has 0 aromatic carbocycles. The van der Waals surface area contributed by atoms with Crippen molar-refractivity contribution in [2.24, 2.45) is 56.7 Å². The molecule has 0 aromatic heterocycles. The number of carbonyl (C=O) groups is 1. The highest BCUT2D eigenvalue weighted by atomic mass is 16.6. The second-order valence-electron chi connectivity index (χ2n) is 15.1. The number of hydrogen-bond acceptors (Lipinski definition) is 2. The zero-order valence-corrected chi connectivity index (χ0v) is 22.0. The highest BCUT2D eigenvalue weighted by Gasteiger charge is 2.76. The van der Waals surface area contributed by atoms with Gasteiger partial charge < -0.3 is 4.74 Å². The van der Waals surface area contributed by atoms with Crippen molar-refractivity contribution in [2.45, 2.75) is 125 Å². The van der Waals surface area contributed by atoms with Crippen molar-refractivity contribution in [3.63, 3.8) is 0 Å². The normalized spacial score (nSPS) is 60.5. The standard InChI is InChI=1S/C30H48O2/c1-19-20-11-15-29(7)23-10-9-22-26(4)14-8-13-25(2,3)21(26)12-16-27(22,5)28(23,6)17-18-30(20,29)32-24(19)31/h19-23H,8-18H2,1-7H3/t19-,20+,21-,22+,23-,26-,27+,28+,29+,30-/m0/s1. The zero-order chi connectivity index (χ0) is 22.9. The summed E-state index contributed by atoms with van der Waals surface area (Å²) < 4.78 is 6.45. The van der Waals surface area contributed by atoms with Crippen LogP contribution in [0.5, 0.6) is 0 Å². The van der Waals surface area contributed by atoms with E-state index in [0.717, 1.165) is 18.3 Å². The monoisotopic (exact) mass is 440 g/mol. The Hall–Kier alpha value is -0.530. The van der Waals surface area contributed by atoms with Crippen molar-refractivity contribution < 1.29 is 9.53 Å². The van der Waals surface area contributed by atoms with Crippen LogP contribution in [0.1, 0.15) is 119 Å². The highest BCUT2D eigenvalue weighted by Crippen LogP contribution is 2.79. The van der Waals surface area contributed by atoms with Crippen LogP contribution in [0.2, 0.25) is 0 Å². The van der Waals surface area contributed by atoms with E-state index in [2.05, 4.69) is 48.5 Å². The zero-order valence-electron chi connectivity index (χ0n) is 22.0. The molecule has 1 aliphatic heterocycles. The van der Waals surface area contributed by atoms with Gasteiger partial charge in [-0.05, 0) is 104 Å². The molecule has 1 heterocycles. The summed E-state index contributed by atoms with van der Waals surface area (Å²) in [4.78, 5) is 12.7. The minimum Gasteiger partial charge on any atom is -0.458 e. The number of esters is 1. The molecule has 5 aliphatic carbocycles. The number of fused-ring (bicyclic) bond motifs is 6. The Morgan fingerprint density at radius 2 is 1.34 bits per heavy atom. The van der Waals surface area contributed by atoms with Gasteiger partial charge in [-0.1, -0.05) is 54.9 Å². The van der Waals surface area contributed by atoms with Crippen molar-refractivity contribution in [3.05, 3.63) is 0 Å². The first-order valence-corrected chi connectivity index (χ1v) is 14.1. The fourth-order valence-electron chi connectivity index (χ4n) is 12.6. The van der Waals surface area contributed by atoms with Crippen LogP contribution in [0.15, 0.2) is 0 Å². The molecule has 0 amide bonds. The average molecular weight is 441 g/mol. The third-order valence-electron chi connectivity index (χ3n) is 14.2. The summed E-state index contributed by atoms with van der Waals surface area (Å²) >= 11 is 0. The maximum absolute atomic E-state index is 12.7. The maximum atomic E-state index is 12.7. The quantitative estimate of drug-likeness (QED) is 0.359. The lowest BCUT2D eigenvalue weighted by Crippen LogP contribution is -2.68. The fraction of sp³-hybridized carbons (Fsp3) is 0.967. The Morgan fingerprint density at radius 3 is 2.09 bits per heavy atom. The van der Waals surface area contributed by atoms with Gasteiger partial charge in [0, 0.05) is 11.3 Å². The van der Waals surface area contributed by atoms with E-state index in [-0.39, 0.29) is 22.9 Å². The van der Waals surface area contributed by atoms with Gasteiger partial charge in [-0.25, -0.2) is 0 Å². The van der Waals surface area contributed by atoms with E-state index in [0.29, 0.717) is 33.5 Å². The van der Waals surface area contributed by atoms with Crippen molar-refractivity contribution >= 4 is 5.97 Å². The first-order valence-electron chi connectivity index (χ1n) is 14.1. The van der Waals surface area contributed by atoms with Crippen LogP contribution < -0.4 is 0 Å². The van der Waals surface area contributed by atoms with Gasteiger partial charge in [0.2, 0.25) is 0 Å². The van der Waals surface area contributed by atoms with Gasteiger partial charge in [0.1, 0.15) is 5.60 Å². The minimum atomic E-state index is -0.162. The summed E-state index contributed by atoms with van der Waals surface area (Å²) in [7, 11) is 0. The summed E-state index contributed by atoms with van der Waals surface area (Å²) in [5.74, 6) is 3.11. The number of carbonyl (C=O) groups excluding carboxylic acids is 1. The van der Waals surface area contributed by atoms with E-state index >= 15 is 0 Å². The topological polar surface area (TPSA) is 26.3 Å². The van der Waals surface area contributed by atoms with E-state index < -0.39 is 0 Å². The Labute approximate surface area is 197 Å². The van der Waals surface area contributed by atoms with Gasteiger partial charge in [0.05, 0.1) is 5.92 Å². The summed E-state index contributed by atoms with van der Waals surface area (Å²) in [6.07, 6.45) is 14.7. The van der Waals surface area contributed by atoms with E-state index in [1.807, 2.05) is 0 Å². The third kappa shape index (κ3) is 2.19. The molecule has 6 aliphatic rings. The van der Waals surface area contributed by atoms with E-state index in [4.69, 9.17) is 4.74 Å². The Balaban J connectivity index is 1.41. The van der Waals surface area contributed by atoms with Gasteiger partial charge in [0.15, 0.2) is 0 Å². The molecule has 6 fully saturated rings. The van der Waals surface area contributed by atoms with Crippen molar-refractivity contribution in [1.82, 2.24) is 0 Å². The number of rotatable bonds is 0. The van der Waals surface area contributed by atoms with Crippen LogP contribution >= 0.6 is 0 Å². The maximum Gasteiger partial charge on any atom is 0.309 e. The predicted molar refractivity (Wildman–Crippen MR) is 129 cm³/mol. The van der Waals surface area contributed by atoms with Crippen LogP contribution in [-0.2, 0) is 9.53 Å². The molecule has 5 saturated carbocycles. The van der Waals surface area contributed by atoms with Crippen molar-refractivity contribution in [1.29, 1.82) is 0 Å². The molecule has 0 N–H and O–H groups in total.